The van der Waals surface area contributed by atoms with Crippen LogP contribution in [0.25, 0.3) is 22.8 Å². The Morgan fingerprint density at radius 2 is 1.76 bits per heavy atom. The molecule has 0 saturated heterocycles. The molecule has 9 heteroatoms. The van der Waals surface area contributed by atoms with E-state index in [0.717, 1.165) is 28.7 Å². The molecule has 0 unspecified atom stereocenters. The number of carbonyl (C=O) groups excluding carboxylic acids is 1. The number of rotatable bonds is 5. The van der Waals surface area contributed by atoms with Crippen molar-refractivity contribution in [1.82, 2.24) is 15.2 Å². The molecule has 0 aliphatic carbocycles. The van der Waals surface area contributed by atoms with Crippen molar-refractivity contribution in [3.8, 4) is 22.8 Å². The molecule has 2 aromatic heterocycles. The molecule has 0 aliphatic rings. The fourth-order valence-corrected chi connectivity index (χ4v) is 4.56. The van der Waals surface area contributed by atoms with Crippen LogP contribution in [0.3, 0.4) is 0 Å². The maximum absolute atomic E-state index is 12.3. The molecule has 0 atom stereocenters. The second kappa shape index (κ2) is 7.61. The molecule has 1 amide bonds. The minimum atomic E-state index is -3.33. The van der Waals surface area contributed by atoms with Gasteiger partial charge in [-0.05, 0) is 30.3 Å². The van der Waals surface area contributed by atoms with E-state index in [1.54, 1.807) is 12.1 Å². The van der Waals surface area contributed by atoms with Gasteiger partial charge in [0.1, 0.15) is 0 Å². The predicted molar refractivity (Wildman–Crippen MR) is 113 cm³/mol. The average Bonchev–Trinajstić information content (AvgIpc) is 3.39. The van der Waals surface area contributed by atoms with Crippen molar-refractivity contribution >= 4 is 32.8 Å². The van der Waals surface area contributed by atoms with E-state index >= 15 is 0 Å². The van der Waals surface area contributed by atoms with Gasteiger partial charge < -0.3 is 5.32 Å². The number of hydrogen-bond acceptors (Lipinski definition) is 6. The first-order valence-electron chi connectivity index (χ1n) is 8.58. The van der Waals surface area contributed by atoms with E-state index in [4.69, 9.17) is 0 Å². The summed E-state index contributed by atoms with van der Waals surface area (Å²) in [5.41, 5.74) is 2.34. The molecule has 2 aromatic carbocycles. The second-order valence-electron chi connectivity index (χ2n) is 6.32. The normalized spacial score (nSPS) is 11.3. The van der Waals surface area contributed by atoms with E-state index in [9.17, 15) is 13.2 Å². The minimum absolute atomic E-state index is 0.141. The van der Waals surface area contributed by atoms with Crippen LogP contribution >= 0.6 is 11.3 Å². The van der Waals surface area contributed by atoms with Gasteiger partial charge >= 0.3 is 0 Å². The number of H-pyrrole nitrogens is 1. The number of aromatic nitrogens is 3. The zero-order valence-electron chi connectivity index (χ0n) is 15.3. The Labute approximate surface area is 171 Å². The van der Waals surface area contributed by atoms with Gasteiger partial charge in [-0.15, -0.1) is 11.3 Å². The Bertz CT molecular complexity index is 1260. The van der Waals surface area contributed by atoms with Crippen molar-refractivity contribution < 1.29 is 13.2 Å². The molecule has 2 heterocycles. The van der Waals surface area contributed by atoms with Crippen molar-refractivity contribution in [2.75, 3.05) is 11.6 Å². The van der Waals surface area contributed by atoms with Crippen molar-refractivity contribution in [3.63, 3.8) is 0 Å². The van der Waals surface area contributed by atoms with Crippen LogP contribution in [0.15, 0.2) is 70.9 Å². The molecule has 4 aromatic rings. The number of benzene rings is 2. The largest absolute Gasteiger partial charge is 0.321 e. The highest BCUT2D eigenvalue weighted by Crippen LogP contribution is 2.23. The molecule has 0 radical (unpaired) electrons. The Kier molecular flexibility index (Phi) is 4.99. The van der Waals surface area contributed by atoms with E-state index in [1.165, 1.54) is 11.4 Å². The van der Waals surface area contributed by atoms with Gasteiger partial charge in [0, 0.05) is 28.5 Å². The highest BCUT2D eigenvalue weighted by Gasteiger charge is 2.15. The third-order valence-electron chi connectivity index (χ3n) is 4.16. The summed E-state index contributed by atoms with van der Waals surface area (Å²) in [4.78, 5) is 17.3. The summed E-state index contributed by atoms with van der Waals surface area (Å²) in [5, 5.41) is 11.4. The number of nitrogens with zero attached hydrogens (tertiary/aromatic N) is 2. The number of anilines is 1. The summed E-state index contributed by atoms with van der Waals surface area (Å²) >= 11 is 1.09. The van der Waals surface area contributed by atoms with E-state index in [0.29, 0.717) is 22.2 Å². The number of aromatic amines is 1. The molecular weight excluding hydrogens is 408 g/mol. The summed E-state index contributed by atoms with van der Waals surface area (Å²) in [5.74, 6) is 0.874. The van der Waals surface area contributed by atoms with E-state index in [1.807, 2.05) is 42.5 Å². The lowest BCUT2D eigenvalue weighted by molar-refractivity contribution is 0.103. The van der Waals surface area contributed by atoms with Gasteiger partial charge in [0.2, 0.25) is 0 Å². The topological polar surface area (TPSA) is 105 Å². The van der Waals surface area contributed by atoms with Crippen molar-refractivity contribution in [2.45, 2.75) is 4.90 Å². The summed E-state index contributed by atoms with van der Waals surface area (Å²) in [6.07, 6.45) is 1.11. The molecule has 0 bridgehead atoms. The zero-order chi connectivity index (χ0) is 20.4. The van der Waals surface area contributed by atoms with Crippen LogP contribution in [0.4, 0.5) is 5.69 Å². The number of hydrogen-bond donors (Lipinski definition) is 2. The SMILES string of the molecule is CS(=O)(=O)c1csc(C(=O)Nc2ccc(-c3nc(-c4ccccc4)n[nH]3)cc2)c1. The summed E-state index contributed by atoms with van der Waals surface area (Å²) in [6, 6.07) is 18.2. The molecule has 0 aliphatic heterocycles. The highest BCUT2D eigenvalue weighted by atomic mass is 32.2. The molecule has 29 heavy (non-hydrogen) atoms. The molecule has 4 rings (SSSR count). The van der Waals surface area contributed by atoms with Crippen LogP contribution in [-0.4, -0.2) is 35.8 Å². The summed E-state index contributed by atoms with van der Waals surface area (Å²) in [7, 11) is -3.33. The third kappa shape index (κ3) is 4.25. The van der Waals surface area contributed by atoms with Gasteiger partial charge in [-0.1, -0.05) is 30.3 Å². The predicted octanol–water partition coefficient (Wildman–Crippen LogP) is 3.86. The first-order chi connectivity index (χ1) is 13.9. The lowest BCUT2D eigenvalue weighted by Gasteiger charge is -2.04. The molecular formula is C20H16N4O3S2. The number of sulfone groups is 1. The van der Waals surface area contributed by atoms with E-state index in [-0.39, 0.29) is 10.8 Å². The Balaban J connectivity index is 1.48. The van der Waals surface area contributed by atoms with Crippen LogP contribution in [0.1, 0.15) is 9.67 Å². The highest BCUT2D eigenvalue weighted by molar-refractivity contribution is 7.90. The summed E-state index contributed by atoms with van der Waals surface area (Å²) in [6.45, 7) is 0. The van der Waals surface area contributed by atoms with E-state index in [2.05, 4.69) is 20.5 Å². The lowest BCUT2D eigenvalue weighted by atomic mass is 10.2. The van der Waals surface area contributed by atoms with Crippen LogP contribution < -0.4 is 5.32 Å². The average molecular weight is 425 g/mol. The molecule has 0 spiro atoms. The molecule has 0 saturated carbocycles. The quantitative estimate of drug-likeness (QED) is 0.506. The molecule has 146 valence electrons. The Hall–Kier alpha value is -3.30. The van der Waals surface area contributed by atoms with Gasteiger partial charge in [0.05, 0.1) is 9.77 Å². The van der Waals surface area contributed by atoms with Crippen LogP contribution in [-0.2, 0) is 9.84 Å². The summed E-state index contributed by atoms with van der Waals surface area (Å²) < 4.78 is 23.1. The van der Waals surface area contributed by atoms with Crippen molar-refractivity contribution in [1.29, 1.82) is 0 Å². The lowest BCUT2D eigenvalue weighted by Crippen LogP contribution is -2.10. The second-order valence-corrected chi connectivity index (χ2v) is 9.25. The fraction of sp³-hybridized carbons (Fsp3) is 0.0500. The van der Waals surface area contributed by atoms with Crippen LogP contribution in [0.5, 0.6) is 0 Å². The van der Waals surface area contributed by atoms with Gasteiger partial charge in [-0.25, -0.2) is 13.4 Å². The maximum Gasteiger partial charge on any atom is 0.265 e. The first-order valence-corrected chi connectivity index (χ1v) is 11.4. The molecule has 7 nitrogen and oxygen atoms in total. The first kappa shape index (κ1) is 19.0. The van der Waals surface area contributed by atoms with Gasteiger partial charge in [0.15, 0.2) is 21.5 Å². The fourth-order valence-electron chi connectivity index (χ4n) is 2.64. The zero-order valence-corrected chi connectivity index (χ0v) is 16.9. The van der Waals surface area contributed by atoms with Crippen molar-refractivity contribution in [3.05, 3.63) is 70.9 Å². The Morgan fingerprint density at radius 1 is 1.03 bits per heavy atom. The van der Waals surface area contributed by atoms with E-state index < -0.39 is 9.84 Å². The number of thiophene rings is 1. The minimum Gasteiger partial charge on any atom is -0.321 e. The van der Waals surface area contributed by atoms with Crippen LogP contribution in [0, 0.1) is 0 Å². The number of nitrogens with one attached hydrogen (secondary N) is 2. The molecule has 0 fully saturated rings. The Morgan fingerprint density at radius 3 is 2.41 bits per heavy atom. The van der Waals surface area contributed by atoms with Crippen LogP contribution in [0.2, 0.25) is 0 Å². The van der Waals surface area contributed by atoms with Crippen molar-refractivity contribution in [2.24, 2.45) is 0 Å². The number of carbonyl (C=O) groups is 1. The van der Waals surface area contributed by atoms with Gasteiger partial charge in [-0.2, -0.15) is 5.10 Å². The smallest absolute Gasteiger partial charge is 0.265 e. The third-order valence-corrected chi connectivity index (χ3v) is 6.33. The maximum atomic E-state index is 12.3. The standard InChI is InChI=1S/C20H16N4O3S2/c1-29(26,27)16-11-17(28-12-16)20(25)21-15-9-7-14(8-10-15)19-22-18(23-24-19)13-5-3-2-4-6-13/h2-12H,1H3,(H,21,25)(H,22,23,24). The van der Waals surface area contributed by atoms with Gasteiger partial charge in [0.25, 0.3) is 5.91 Å². The number of amides is 1. The molecule has 2 N–H and O–H groups in total. The van der Waals surface area contributed by atoms with Gasteiger partial charge in [-0.3, -0.25) is 9.89 Å². The monoisotopic (exact) mass is 424 g/mol.